The molecule has 1 unspecified atom stereocenters. The van der Waals surface area contributed by atoms with Crippen molar-refractivity contribution in [1.82, 2.24) is 5.32 Å². The molecule has 0 aliphatic carbocycles. The van der Waals surface area contributed by atoms with E-state index in [1.807, 2.05) is 5.32 Å². The Morgan fingerprint density at radius 1 is 1.40 bits per heavy atom. The van der Waals surface area contributed by atoms with E-state index in [1.165, 1.54) is 6.07 Å². The van der Waals surface area contributed by atoms with Crippen molar-refractivity contribution < 1.29 is 23.9 Å². The largest absolute Gasteiger partial charge is 0.480 e. The lowest BCUT2D eigenvalue weighted by Gasteiger charge is -2.14. The second kappa shape index (κ2) is 6.71. The lowest BCUT2D eigenvalue weighted by molar-refractivity contribution is -0.140. The van der Waals surface area contributed by atoms with Crippen LogP contribution in [0.5, 0.6) is 0 Å². The molecule has 0 aromatic heterocycles. The molecule has 1 rings (SSSR count). The van der Waals surface area contributed by atoms with Gasteiger partial charge in [-0.25, -0.2) is 14.0 Å². The van der Waals surface area contributed by atoms with E-state index in [9.17, 15) is 18.8 Å². The van der Waals surface area contributed by atoms with Gasteiger partial charge < -0.3 is 21.5 Å². The van der Waals surface area contributed by atoms with E-state index in [0.717, 1.165) is 12.1 Å². The van der Waals surface area contributed by atoms with Gasteiger partial charge in [-0.1, -0.05) is 11.6 Å². The number of aliphatic carboxylic acids is 1. The number of hydrogen-bond donors (Lipinski definition) is 4. The van der Waals surface area contributed by atoms with Crippen LogP contribution in [0.2, 0.25) is 5.02 Å². The van der Waals surface area contributed by atoms with E-state index < -0.39 is 36.2 Å². The van der Waals surface area contributed by atoms with Crippen LogP contribution in [0.3, 0.4) is 0 Å². The molecule has 108 valence electrons. The molecular formula is C11H11ClFN3O4. The zero-order chi connectivity index (χ0) is 15.3. The third-order valence-electron chi connectivity index (χ3n) is 2.19. The number of rotatable bonds is 5. The van der Waals surface area contributed by atoms with E-state index in [4.69, 9.17) is 22.4 Å². The van der Waals surface area contributed by atoms with Crippen LogP contribution in [0, 0.1) is 5.82 Å². The summed E-state index contributed by atoms with van der Waals surface area (Å²) in [5.74, 6) is -2.94. The molecule has 1 aromatic rings. The molecule has 0 saturated carbocycles. The number of nitrogens with two attached hydrogens (primary N) is 1. The number of hydrogen-bond acceptors (Lipinski definition) is 3. The number of carbonyl (C=O) groups excluding carboxylic acids is 2. The molecule has 7 nitrogen and oxygen atoms in total. The number of nitrogens with one attached hydrogen (secondary N) is 2. The summed E-state index contributed by atoms with van der Waals surface area (Å²) in [5, 5.41) is 13.1. The molecule has 1 aromatic carbocycles. The summed E-state index contributed by atoms with van der Waals surface area (Å²) in [7, 11) is 0. The van der Waals surface area contributed by atoms with Gasteiger partial charge >= 0.3 is 12.0 Å². The number of halogens is 2. The number of carboxylic acid groups (broad SMARTS) is 1. The quantitative estimate of drug-likeness (QED) is 0.646. The molecule has 0 aliphatic heterocycles. The molecule has 3 amide bonds. The van der Waals surface area contributed by atoms with Crippen LogP contribution in [0.25, 0.3) is 0 Å². The Morgan fingerprint density at radius 3 is 2.60 bits per heavy atom. The Labute approximate surface area is 117 Å². The van der Waals surface area contributed by atoms with E-state index in [0.29, 0.717) is 0 Å². The Morgan fingerprint density at radius 2 is 2.05 bits per heavy atom. The van der Waals surface area contributed by atoms with Crippen molar-refractivity contribution in [3.63, 3.8) is 0 Å². The lowest BCUT2D eigenvalue weighted by Crippen LogP contribution is -2.45. The molecule has 0 fully saturated rings. The zero-order valence-electron chi connectivity index (χ0n) is 10.0. The monoisotopic (exact) mass is 303 g/mol. The van der Waals surface area contributed by atoms with Crippen molar-refractivity contribution in [3.05, 3.63) is 29.0 Å². The number of carbonyl (C=O) groups is 3. The van der Waals surface area contributed by atoms with Crippen LogP contribution >= 0.6 is 11.6 Å². The van der Waals surface area contributed by atoms with Crippen molar-refractivity contribution in [2.24, 2.45) is 5.73 Å². The minimum absolute atomic E-state index is 0.0348. The van der Waals surface area contributed by atoms with Crippen molar-refractivity contribution in [2.75, 3.05) is 5.32 Å². The predicted octanol–water partition coefficient (Wildman–Crippen LogP) is 0.929. The van der Waals surface area contributed by atoms with Crippen molar-refractivity contribution in [1.29, 1.82) is 0 Å². The first-order valence-corrected chi connectivity index (χ1v) is 5.71. The lowest BCUT2D eigenvalue weighted by atomic mass is 10.2. The molecule has 20 heavy (non-hydrogen) atoms. The van der Waals surface area contributed by atoms with Crippen LogP contribution in [-0.2, 0) is 9.59 Å². The second-order valence-electron chi connectivity index (χ2n) is 3.78. The maximum Gasteiger partial charge on any atom is 0.326 e. The molecule has 1 atom stereocenters. The Hall–Kier alpha value is -2.35. The first kappa shape index (κ1) is 15.7. The van der Waals surface area contributed by atoms with Crippen LogP contribution in [0.15, 0.2) is 18.2 Å². The summed E-state index contributed by atoms with van der Waals surface area (Å²) in [6, 6.07) is 0.848. The average molecular weight is 304 g/mol. The van der Waals surface area contributed by atoms with E-state index >= 15 is 0 Å². The number of amides is 3. The van der Waals surface area contributed by atoms with Gasteiger partial charge in [0.1, 0.15) is 11.9 Å². The van der Waals surface area contributed by atoms with Gasteiger partial charge in [-0.3, -0.25) is 4.79 Å². The number of anilines is 1. The first-order valence-electron chi connectivity index (χ1n) is 5.33. The van der Waals surface area contributed by atoms with Crippen molar-refractivity contribution in [3.8, 4) is 0 Å². The number of primary amides is 1. The molecular weight excluding hydrogens is 293 g/mol. The summed E-state index contributed by atoms with van der Waals surface area (Å²) in [6.45, 7) is 0. The maximum absolute atomic E-state index is 13.0. The highest BCUT2D eigenvalue weighted by atomic mass is 35.5. The smallest absolute Gasteiger partial charge is 0.326 e. The molecule has 9 heteroatoms. The van der Waals surface area contributed by atoms with Gasteiger partial charge in [-0.2, -0.15) is 0 Å². The van der Waals surface area contributed by atoms with E-state index in [-0.39, 0.29) is 10.7 Å². The van der Waals surface area contributed by atoms with Gasteiger partial charge in [-0.05, 0) is 18.2 Å². The fraction of sp³-hybridized carbons (Fsp3) is 0.182. The minimum atomic E-state index is -1.49. The van der Waals surface area contributed by atoms with E-state index in [1.54, 1.807) is 0 Å². The average Bonchev–Trinajstić information content (AvgIpc) is 2.32. The molecule has 0 heterocycles. The van der Waals surface area contributed by atoms with Gasteiger partial charge in [0, 0.05) is 0 Å². The number of benzene rings is 1. The Balaban J connectivity index is 2.72. The zero-order valence-corrected chi connectivity index (χ0v) is 10.8. The normalized spacial score (nSPS) is 11.5. The highest BCUT2D eigenvalue weighted by Crippen LogP contribution is 2.22. The molecule has 0 radical (unpaired) electrons. The van der Waals surface area contributed by atoms with Gasteiger partial charge in [0.25, 0.3) is 0 Å². The predicted molar refractivity (Wildman–Crippen MR) is 68.8 cm³/mol. The molecule has 0 saturated heterocycles. The van der Waals surface area contributed by atoms with Crippen LogP contribution in [0.1, 0.15) is 6.42 Å². The maximum atomic E-state index is 13.0. The molecule has 5 N–H and O–H groups in total. The fourth-order valence-electron chi connectivity index (χ4n) is 1.31. The van der Waals surface area contributed by atoms with Crippen LogP contribution in [0.4, 0.5) is 14.9 Å². The summed E-state index contributed by atoms with van der Waals surface area (Å²) < 4.78 is 13.0. The molecule has 0 spiro atoms. The molecule has 0 bridgehead atoms. The Kier molecular flexibility index (Phi) is 5.27. The van der Waals surface area contributed by atoms with Gasteiger partial charge in [0.2, 0.25) is 5.91 Å². The van der Waals surface area contributed by atoms with Gasteiger partial charge in [-0.15, -0.1) is 0 Å². The topological polar surface area (TPSA) is 122 Å². The van der Waals surface area contributed by atoms with Crippen molar-refractivity contribution in [2.45, 2.75) is 12.5 Å². The summed E-state index contributed by atoms with van der Waals surface area (Å²) in [6.07, 6.45) is -0.570. The van der Waals surface area contributed by atoms with Crippen LogP contribution in [-0.4, -0.2) is 29.1 Å². The summed E-state index contributed by atoms with van der Waals surface area (Å²) >= 11 is 5.72. The second-order valence-corrected chi connectivity index (χ2v) is 4.19. The SMILES string of the molecule is NC(=O)CC(NC(=O)Nc1cc(F)ccc1Cl)C(=O)O. The third-order valence-corrected chi connectivity index (χ3v) is 2.51. The number of urea groups is 1. The fourth-order valence-corrected chi connectivity index (χ4v) is 1.48. The first-order chi connectivity index (χ1) is 9.29. The van der Waals surface area contributed by atoms with E-state index in [2.05, 4.69) is 5.32 Å². The highest BCUT2D eigenvalue weighted by Gasteiger charge is 2.22. The standard InChI is InChI=1S/C11H11ClFN3O4/c12-6-2-1-5(13)3-7(6)15-11(20)16-8(10(18)19)4-9(14)17/h1-3,8H,4H2,(H2,14,17)(H,18,19)(H2,15,16,20). The Bertz CT molecular complexity index is 552. The van der Waals surface area contributed by atoms with Gasteiger partial charge in [0.05, 0.1) is 17.1 Å². The highest BCUT2D eigenvalue weighted by molar-refractivity contribution is 6.33. The summed E-state index contributed by atoms with van der Waals surface area (Å²) in [4.78, 5) is 33.0. The third kappa shape index (κ3) is 4.73. The summed E-state index contributed by atoms with van der Waals surface area (Å²) in [5.41, 5.74) is 4.82. The minimum Gasteiger partial charge on any atom is -0.480 e. The van der Waals surface area contributed by atoms with Crippen molar-refractivity contribution >= 4 is 35.2 Å². The van der Waals surface area contributed by atoms with Gasteiger partial charge in [0.15, 0.2) is 0 Å². The van der Waals surface area contributed by atoms with Crippen LogP contribution < -0.4 is 16.4 Å². The number of carboxylic acids is 1. The molecule has 0 aliphatic rings.